The standard InChI is InChI=1S/C15H20BrNO2/c1-19-15(18)12-5-7-14(8-6-12)17-10-11-3-2-4-13(16)9-11/h2-4,9,12,14,17H,5-8,10H2,1H3. The molecule has 1 fully saturated rings. The Kier molecular flexibility index (Phi) is 5.40. The Hall–Kier alpha value is -0.870. The van der Waals surface area contributed by atoms with Crippen LogP contribution in [0.15, 0.2) is 28.7 Å². The fourth-order valence-corrected chi connectivity index (χ4v) is 3.06. The molecule has 0 spiro atoms. The van der Waals surface area contributed by atoms with E-state index >= 15 is 0 Å². The maximum Gasteiger partial charge on any atom is 0.308 e. The highest BCUT2D eigenvalue weighted by Gasteiger charge is 2.26. The molecule has 1 aliphatic rings. The topological polar surface area (TPSA) is 38.3 Å². The fourth-order valence-electron chi connectivity index (χ4n) is 2.61. The minimum Gasteiger partial charge on any atom is -0.469 e. The van der Waals surface area contributed by atoms with Crippen LogP contribution >= 0.6 is 15.9 Å². The molecule has 1 aliphatic carbocycles. The Morgan fingerprint density at radius 2 is 2.11 bits per heavy atom. The zero-order valence-electron chi connectivity index (χ0n) is 11.2. The molecule has 0 bridgehead atoms. The summed E-state index contributed by atoms with van der Waals surface area (Å²) in [5.74, 6) is 0.0550. The summed E-state index contributed by atoms with van der Waals surface area (Å²) in [5.41, 5.74) is 1.28. The zero-order valence-corrected chi connectivity index (χ0v) is 12.8. The lowest BCUT2D eigenvalue weighted by atomic mass is 9.86. The lowest BCUT2D eigenvalue weighted by Gasteiger charge is -2.27. The van der Waals surface area contributed by atoms with Crippen LogP contribution in [0.5, 0.6) is 0 Å². The summed E-state index contributed by atoms with van der Waals surface area (Å²) in [6.45, 7) is 0.882. The van der Waals surface area contributed by atoms with E-state index in [2.05, 4.69) is 39.4 Å². The molecule has 0 atom stereocenters. The number of halogens is 1. The molecule has 0 radical (unpaired) electrons. The van der Waals surface area contributed by atoms with Crippen LogP contribution in [0.2, 0.25) is 0 Å². The van der Waals surface area contributed by atoms with E-state index in [1.165, 1.54) is 12.7 Å². The third-order valence-corrected chi connectivity index (χ3v) is 4.24. The molecule has 1 aromatic carbocycles. The van der Waals surface area contributed by atoms with Gasteiger partial charge in [-0.3, -0.25) is 4.79 Å². The number of hydrogen-bond acceptors (Lipinski definition) is 3. The van der Waals surface area contributed by atoms with Crippen LogP contribution < -0.4 is 5.32 Å². The van der Waals surface area contributed by atoms with Gasteiger partial charge in [-0.1, -0.05) is 28.1 Å². The first kappa shape index (κ1) is 14.5. The first-order chi connectivity index (χ1) is 9.19. The monoisotopic (exact) mass is 325 g/mol. The second kappa shape index (κ2) is 7.06. The van der Waals surface area contributed by atoms with Crippen molar-refractivity contribution in [1.82, 2.24) is 5.32 Å². The lowest BCUT2D eigenvalue weighted by molar-refractivity contribution is -0.146. The number of hydrogen-bond donors (Lipinski definition) is 1. The van der Waals surface area contributed by atoms with Gasteiger partial charge < -0.3 is 10.1 Å². The van der Waals surface area contributed by atoms with Gasteiger partial charge in [0.1, 0.15) is 0 Å². The number of nitrogens with one attached hydrogen (secondary N) is 1. The molecule has 0 aliphatic heterocycles. The maximum absolute atomic E-state index is 11.4. The molecular weight excluding hydrogens is 306 g/mol. The summed E-state index contributed by atoms with van der Waals surface area (Å²) >= 11 is 3.48. The third-order valence-electron chi connectivity index (χ3n) is 3.75. The van der Waals surface area contributed by atoms with Crippen molar-refractivity contribution < 1.29 is 9.53 Å². The van der Waals surface area contributed by atoms with E-state index in [1.54, 1.807) is 0 Å². The molecule has 0 saturated heterocycles. The van der Waals surface area contributed by atoms with E-state index in [9.17, 15) is 4.79 Å². The smallest absolute Gasteiger partial charge is 0.308 e. The second-order valence-corrected chi connectivity index (χ2v) is 6.00. The zero-order chi connectivity index (χ0) is 13.7. The quantitative estimate of drug-likeness (QED) is 0.863. The number of esters is 1. The van der Waals surface area contributed by atoms with Gasteiger partial charge in [0, 0.05) is 17.1 Å². The number of methoxy groups -OCH3 is 1. The molecule has 1 aromatic rings. The van der Waals surface area contributed by atoms with Crippen molar-refractivity contribution in [2.75, 3.05) is 7.11 Å². The van der Waals surface area contributed by atoms with Gasteiger partial charge in [0.05, 0.1) is 13.0 Å². The summed E-state index contributed by atoms with van der Waals surface area (Å²) in [6, 6.07) is 8.85. The normalized spacial score (nSPS) is 23.1. The van der Waals surface area contributed by atoms with E-state index < -0.39 is 0 Å². The number of carbonyl (C=O) groups excluding carboxylic acids is 1. The van der Waals surface area contributed by atoms with Gasteiger partial charge in [-0.25, -0.2) is 0 Å². The Bertz CT molecular complexity index is 428. The minimum atomic E-state index is -0.0505. The molecule has 0 amide bonds. The van der Waals surface area contributed by atoms with Crippen molar-refractivity contribution in [3.05, 3.63) is 34.3 Å². The molecule has 19 heavy (non-hydrogen) atoms. The third kappa shape index (κ3) is 4.32. The molecule has 4 heteroatoms. The first-order valence-electron chi connectivity index (χ1n) is 6.74. The highest BCUT2D eigenvalue weighted by atomic mass is 79.9. The van der Waals surface area contributed by atoms with Gasteiger partial charge in [0.2, 0.25) is 0 Å². The van der Waals surface area contributed by atoms with Crippen LogP contribution in [-0.2, 0) is 16.1 Å². The van der Waals surface area contributed by atoms with Crippen LogP contribution in [0, 0.1) is 5.92 Å². The largest absolute Gasteiger partial charge is 0.469 e. The number of rotatable bonds is 4. The van der Waals surface area contributed by atoms with Crippen LogP contribution in [0.3, 0.4) is 0 Å². The molecule has 2 rings (SSSR count). The Labute approximate surface area is 122 Å². The van der Waals surface area contributed by atoms with E-state index in [0.29, 0.717) is 6.04 Å². The fraction of sp³-hybridized carbons (Fsp3) is 0.533. The van der Waals surface area contributed by atoms with Gasteiger partial charge >= 0.3 is 5.97 Å². The van der Waals surface area contributed by atoms with Gasteiger partial charge in [-0.2, -0.15) is 0 Å². The summed E-state index contributed by atoms with van der Waals surface area (Å²) in [7, 11) is 1.47. The Morgan fingerprint density at radius 3 is 2.74 bits per heavy atom. The average Bonchev–Trinajstić information content (AvgIpc) is 2.45. The van der Waals surface area contributed by atoms with Gasteiger partial charge in [0.25, 0.3) is 0 Å². The molecular formula is C15H20BrNO2. The molecule has 1 saturated carbocycles. The van der Waals surface area contributed by atoms with Crippen LogP contribution in [0.25, 0.3) is 0 Å². The van der Waals surface area contributed by atoms with Crippen molar-refractivity contribution in [3.63, 3.8) is 0 Å². The molecule has 3 nitrogen and oxygen atoms in total. The molecule has 0 unspecified atom stereocenters. The van der Waals surface area contributed by atoms with Crippen LogP contribution in [0.1, 0.15) is 31.2 Å². The maximum atomic E-state index is 11.4. The predicted molar refractivity (Wildman–Crippen MR) is 78.7 cm³/mol. The summed E-state index contributed by atoms with van der Waals surface area (Å²) in [4.78, 5) is 11.4. The average molecular weight is 326 g/mol. The number of carbonyl (C=O) groups is 1. The number of ether oxygens (including phenoxy) is 1. The second-order valence-electron chi connectivity index (χ2n) is 5.08. The number of benzene rings is 1. The Balaban J connectivity index is 1.75. The lowest BCUT2D eigenvalue weighted by Crippen LogP contribution is -2.34. The summed E-state index contributed by atoms with van der Waals surface area (Å²) in [6.07, 6.45) is 3.97. The van der Waals surface area contributed by atoms with Crippen LogP contribution in [0.4, 0.5) is 0 Å². The minimum absolute atomic E-state index is 0.0505. The summed E-state index contributed by atoms with van der Waals surface area (Å²) in [5, 5.41) is 3.57. The van der Waals surface area contributed by atoms with Gasteiger partial charge in [0.15, 0.2) is 0 Å². The highest BCUT2D eigenvalue weighted by Crippen LogP contribution is 2.25. The van der Waals surface area contributed by atoms with Crippen molar-refractivity contribution in [1.29, 1.82) is 0 Å². The van der Waals surface area contributed by atoms with E-state index in [4.69, 9.17) is 4.74 Å². The molecule has 104 valence electrons. The predicted octanol–water partition coefficient (Wildman–Crippen LogP) is 3.27. The molecule has 1 N–H and O–H groups in total. The van der Waals surface area contributed by atoms with E-state index in [1.807, 2.05) is 6.07 Å². The van der Waals surface area contributed by atoms with E-state index in [0.717, 1.165) is 36.7 Å². The van der Waals surface area contributed by atoms with Crippen molar-refractivity contribution in [2.45, 2.75) is 38.3 Å². The summed E-state index contributed by atoms with van der Waals surface area (Å²) < 4.78 is 5.92. The van der Waals surface area contributed by atoms with Gasteiger partial charge in [-0.05, 0) is 43.4 Å². The Morgan fingerprint density at radius 1 is 1.37 bits per heavy atom. The first-order valence-corrected chi connectivity index (χ1v) is 7.54. The SMILES string of the molecule is COC(=O)C1CCC(NCc2cccc(Br)c2)CC1. The molecule has 0 aromatic heterocycles. The van der Waals surface area contributed by atoms with Crippen molar-refractivity contribution in [3.8, 4) is 0 Å². The van der Waals surface area contributed by atoms with Crippen molar-refractivity contribution >= 4 is 21.9 Å². The molecule has 0 heterocycles. The van der Waals surface area contributed by atoms with Crippen LogP contribution in [-0.4, -0.2) is 19.1 Å². The van der Waals surface area contributed by atoms with E-state index in [-0.39, 0.29) is 11.9 Å². The van der Waals surface area contributed by atoms with Crippen molar-refractivity contribution in [2.24, 2.45) is 5.92 Å². The van der Waals surface area contributed by atoms with Gasteiger partial charge in [-0.15, -0.1) is 0 Å². The highest BCUT2D eigenvalue weighted by molar-refractivity contribution is 9.10.